The second-order valence-corrected chi connectivity index (χ2v) is 7.65. The minimum absolute atomic E-state index is 0.0778. The molecule has 0 aliphatic rings. The molecule has 0 atom stereocenters. The Bertz CT molecular complexity index is 1030. The van der Waals surface area contributed by atoms with Crippen LogP contribution in [0.1, 0.15) is 5.56 Å². The molecule has 2 rings (SSSR count). The van der Waals surface area contributed by atoms with E-state index < -0.39 is 27.3 Å². The average molecular weight is 412 g/mol. The van der Waals surface area contributed by atoms with Crippen molar-refractivity contribution in [1.29, 1.82) is 5.26 Å². The molecule has 0 amide bonds. The lowest BCUT2D eigenvalue weighted by Gasteiger charge is -2.09. The summed E-state index contributed by atoms with van der Waals surface area (Å²) in [5.74, 6) is -1.07. The van der Waals surface area contributed by atoms with Crippen molar-refractivity contribution in [3.8, 4) is 11.8 Å². The van der Waals surface area contributed by atoms with Gasteiger partial charge in [0.2, 0.25) is 9.84 Å². The highest BCUT2D eigenvalue weighted by atomic mass is 35.5. The Hall–Kier alpha value is -2.53. The van der Waals surface area contributed by atoms with Crippen molar-refractivity contribution in [2.75, 3.05) is 6.61 Å². The maximum absolute atomic E-state index is 12.7. The zero-order valence-corrected chi connectivity index (χ0v) is 15.3. The number of rotatable bonds is 6. The van der Waals surface area contributed by atoms with E-state index in [1.807, 2.05) is 0 Å². The summed E-state index contributed by atoms with van der Waals surface area (Å²) in [4.78, 5) is 9.77. The monoisotopic (exact) mass is 411 g/mol. The number of carboxylic acid groups (broad SMARTS) is 1. The topological polar surface area (TPSA) is 104 Å². The summed E-state index contributed by atoms with van der Waals surface area (Å²) in [6, 6.07) is 11.6. The van der Waals surface area contributed by atoms with Crippen LogP contribution >= 0.6 is 23.2 Å². The number of aliphatic carboxylic acids is 1. The molecule has 2 aromatic rings. The highest BCUT2D eigenvalue weighted by Crippen LogP contribution is 2.31. The number of allylic oxidation sites excluding steroid dienone is 1. The van der Waals surface area contributed by atoms with E-state index in [-0.39, 0.29) is 26.3 Å². The van der Waals surface area contributed by atoms with Gasteiger partial charge in [-0.25, -0.2) is 13.2 Å². The van der Waals surface area contributed by atoms with Crippen LogP contribution in [0.4, 0.5) is 0 Å². The number of carbonyl (C=O) groups is 1. The Labute approximate surface area is 159 Å². The number of hydrogen-bond acceptors (Lipinski definition) is 5. The summed E-state index contributed by atoms with van der Waals surface area (Å²) >= 11 is 11.8. The summed E-state index contributed by atoms with van der Waals surface area (Å²) in [5, 5.41) is 18.1. The van der Waals surface area contributed by atoms with Crippen LogP contribution in [-0.4, -0.2) is 26.1 Å². The molecule has 0 aliphatic carbocycles. The standard InChI is InChI=1S/C17H11Cl2NO5S/c18-12-5-6-14(19)16(8-12)26(23,24)13(9-20)7-11-3-1-2-4-15(11)25-10-17(21)22/h1-8H,10H2,(H,21,22)/b13-7-. The number of halogens is 2. The molecule has 6 nitrogen and oxygen atoms in total. The average Bonchev–Trinajstić information content (AvgIpc) is 2.60. The largest absolute Gasteiger partial charge is 0.481 e. The van der Waals surface area contributed by atoms with Gasteiger partial charge in [-0.15, -0.1) is 0 Å². The smallest absolute Gasteiger partial charge is 0.341 e. The van der Waals surface area contributed by atoms with Crippen LogP contribution < -0.4 is 4.74 Å². The van der Waals surface area contributed by atoms with E-state index in [0.29, 0.717) is 0 Å². The molecular weight excluding hydrogens is 401 g/mol. The van der Waals surface area contributed by atoms with Crippen LogP contribution in [0.25, 0.3) is 6.08 Å². The van der Waals surface area contributed by atoms with Crippen molar-refractivity contribution >= 4 is 45.1 Å². The van der Waals surface area contributed by atoms with E-state index in [1.165, 1.54) is 24.3 Å². The summed E-state index contributed by atoms with van der Waals surface area (Å²) < 4.78 is 30.6. The van der Waals surface area contributed by atoms with Crippen LogP contribution in [0.3, 0.4) is 0 Å². The van der Waals surface area contributed by atoms with E-state index in [2.05, 4.69) is 0 Å². The third-order valence-electron chi connectivity index (χ3n) is 3.14. The van der Waals surface area contributed by atoms with Crippen molar-refractivity contribution in [3.63, 3.8) is 0 Å². The number of carboxylic acids is 1. The normalized spacial score (nSPS) is 11.7. The first-order valence-corrected chi connectivity index (χ1v) is 9.25. The first-order valence-electron chi connectivity index (χ1n) is 7.01. The molecule has 0 aromatic heterocycles. The molecule has 0 heterocycles. The maximum atomic E-state index is 12.7. The first-order chi connectivity index (χ1) is 12.3. The summed E-state index contributed by atoms with van der Waals surface area (Å²) in [5.41, 5.74) is 0.229. The van der Waals surface area contributed by atoms with E-state index in [4.69, 9.17) is 33.0 Å². The van der Waals surface area contributed by atoms with Crippen LogP contribution in [0.5, 0.6) is 5.75 Å². The predicted octanol–water partition coefficient (Wildman–Crippen LogP) is 3.80. The molecule has 26 heavy (non-hydrogen) atoms. The van der Waals surface area contributed by atoms with E-state index in [1.54, 1.807) is 18.2 Å². The fourth-order valence-electron chi connectivity index (χ4n) is 1.98. The van der Waals surface area contributed by atoms with Gasteiger partial charge < -0.3 is 9.84 Å². The van der Waals surface area contributed by atoms with E-state index >= 15 is 0 Å². The van der Waals surface area contributed by atoms with Gasteiger partial charge in [-0.2, -0.15) is 5.26 Å². The van der Waals surface area contributed by atoms with Gasteiger partial charge >= 0.3 is 5.97 Å². The quantitative estimate of drug-likeness (QED) is 0.724. The van der Waals surface area contributed by atoms with E-state index in [9.17, 15) is 18.5 Å². The Morgan fingerprint density at radius 3 is 2.58 bits per heavy atom. The molecule has 0 aliphatic heterocycles. The van der Waals surface area contributed by atoms with Gasteiger partial charge in [0.15, 0.2) is 6.61 Å². The molecular formula is C17H11Cl2NO5S. The molecule has 0 radical (unpaired) electrons. The van der Waals surface area contributed by atoms with E-state index in [0.717, 1.165) is 12.1 Å². The van der Waals surface area contributed by atoms with Gasteiger partial charge in [-0.1, -0.05) is 41.4 Å². The number of nitrogens with zero attached hydrogens (tertiary/aromatic N) is 1. The molecule has 2 aromatic carbocycles. The Morgan fingerprint density at radius 2 is 1.92 bits per heavy atom. The van der Waals surface area contributed by atoms with Crippen molar-refractivity contribution < 1.29 is 23.1 Å². The number of benzene rings is 2. The zero-order valence-electron chi connectivity index (χ0n) is 13.0. The lowest BCUT2D eigenvalue weighted by atomic mass is 10.2. The molecule has 9 heteroatoms. The summed E-state index contributed by atoms with van der Waals surface area (Å²) in [6.45, 7) is -0.611. The van der Waals surface area contributed by atoms with Crippen LogP contribution in [-0.2, 0) is 14.6 Å². The molecule has 0 spiro atoms. The number of para-hydroxylation sites is 1. The molecule has 0 unspecified atom stereocenters. The second kappa shape index (κ2) is 8.23. The van der Waals surface area contributed by atoms with Gasteiger partial charge in [0, 0.05) is 10.6 Å². The molecule has 0 bridgehead atoms. The van der Waals surface area contributed by atoms with Crippen molar-refractivity contribution in [3.05, 3.63) is 63.0 Å². The number of hydrogen-bond donors (Lipinski definition) is 1. The van der Waals surface area contributed by atoms with Crippen molar-refractivity contribution in [2.45, 2.75) is 4.90 Å². The fraction of sp³-hybridized carbons (Fsp3) is 0.0588. The lowest BCUT2D eigenvalue weighted by Crippen LogP contribution is -2.10. The van der Waals surface area contributed by atoms with Crippen molar-refractivity contribution in [2.24, 2.45) is 0 Å². The van der Waals surface area contributed by atoms with Gasteiger partial charge in [0.25, 0.3) is 0 Å². The van der Waals surface area contributed by atoms with Crippen LogP contribution in [0, 0.1) is 11.3 Å². The summed E-state index contributed by atoms with van der Waals surface area (Å²) in [7, 11) is -4.24. The fourth-order valence-corrected chi connectivity index (χ4v) is 3.89. The third kappa shape index (κ3) is 4.55. The Balaban J connectivity index is 2.53. The minimum atomic E-state index is -4.24. The number of nitriles is 1. The van der Waals surface area contributed by atoms with Gasteiger partial charge in [0.1, 0.15) is 16.7 Å². The van der Waals surface area contributed by atoms with Crippen LogP contribution in [0.2, 0.25) is 10.0 Å². The lowest BCUT2D eigenvalue weighted by molar-refractivity contribution is -0.139. The number of sulfone groups is 1. The van der Waals surface area contributed by atoms with Crippen LogP contribution in [0.15, 0.2) is 52.3 Å². The molecule has 134 valence electrons. The molecule has 0 fully saturated rings. The zero-order chi connectivity index (χ0) is 19.3. The van der Waals surface area contributed by atoms with Gasteiger partial charge in [-0.05, 0) is 30.3 Å². The third-order valence-corrected chi connectivity index (χ3v) is 5.52. The number of ether oxygens (including phenoxy) is 1. The Kier molecular flexibility index (Phi) is 6.27. The predicted molar refractivity (Wildman–Crippen MR) is 96.8 cm³/mol. The second-order valence-electron chi connectivity index (χ2n) is 4.92. The molecule has 1 N–H and O–H groups in total. The molecule has 0 saturated carbocycles. The highest BCUT2D eigenvalue weighted by Gasteiger charge is 2.24. The maximum Gasteiger partial charge on any atom is 0.341 e. The van der Waals surface area contributed by atoms with Crippen molar-refractivity contribution in [1.82, 2.24) is 0 Å². The SMILES string of the molecule is N#C/C(=C/c1ccccc1OCC(=O)O)S(=O)(=O)c1cc(Cl)ccc1Cl. The van der Waals surface area contributed by atoms with Gasteiger partial charge in [-0.3, -0.25) is 0 Å². The Morgan fingerprint density at radius 1 is 1.23 bits per heavy atom. The highest BCUT2D eigenvalue weighted by molar-refractivity contribution is 7.95. The first kappa shape index (κ1) is 19.8. The van der Waals surface area contributed by atoms with Gasteiger partial charge in [0.05, 0.1) is 9.92 Å². The molecule has 0 saturated heterocycles. The summed E-state index contributed by atoms with van der Waals surface area (Å²) in [6.07, 6.45) is 1.09. The minimum Gasteiger partial charge on any atom is -0.481 e.